The number of fused-ring (bicyclic) bond motifs is 5. The van der Waals surface area contributed by atoms with Crippen molar-refractivity contribution in [3.63, 3.8) is 0 Å². The molecule has 3 N–H and O–H groups in total. The molecule has 8 nitrogen and oxygen atoms in total. The molecule has 3 aromatic carbocycles. The summed E-state index contributed by atoms with van der Waals surface area (Å²) in [6.07, 6.45) is 4.03. The van der Waals surface area contributed by atoms with Crippen molar-refractivity contribution in [2.45, 2.75) is 44.1 Å². The van der Waals surface area contributed by atoms with Gasteiger partial charge in [0.1, 0.15) is 12.6 Å². The van der Waals surface area contributed by atoms with Gasteiger partial charge in [0.05, 0.1) is 18.9 Å². The highest BCUT2D eigenvalue weighted by atomic mass is 16.5. The van der Waals surface area contributed by atoms with Gasteiger partial charge in [0, 0.05) is 24.1 Å². The Labute approximate surface area is 234 Å². The molecule has 0 saturated heterocycles. The monoisotopic (exact) mass is 542 g/mol. The molecule has 3 atom stereocenters. The topological polar surface area (TPSA) is 108 Å². The third-order valence-electron chi connectivity index (χ3n) is 7.77. The minimum atomic E-state index is -1.03. The van der Waals surface area contributed by atoms with Crippen LogP contribution in [0.3, 0.4) is 0 Å². The van der Waals surface area contributed by atoms with Crippen LogP contribution in [-0.4, -0.2) is 66.0 Å². The average Bonchev–Trinajstić information content (AvgIpc) is 3.30. The third-order valence-corrected chi connectivity index (χ3v) is 7.77. The van der Waals surface area contributed by atoms with Crippen LogP contribution in [-0.2, 0) is 25.5 Å². The number of benzene rings is 3. The summed E-state index contributed by atoms with van der Waals surface area (Å²) in [5, 5.41) is 17.7. The van der Waals surface area contributed by atoms with E-state index >= 15 is 0 Å². The van der Waals surface area contributed by atoms with Gasteiger partial charge in [0.25, 0.3) is 0 Å². The largest absolute Gasteiger partial charge is 0.481 e. The number of nitrogens with zero attached hydrogens (tertiary/aromatic N) is 1. The Kier molecular flexibility index (Phi) is 8.86. The van der Waals surface area contributed by atoms with Crippen LogP contribution in [0.1, 0.15) is 42.7 Å². The number of aryl methyl sites for hydroxylation is 1. The predicted octanol–water partition coefficient (Wildman–Crippen LogP) is 3.79. The maximum Gasteiger partial charge on any atom is 0.304 e. The van der Waals surface area contributed by atoms with Crippen molar-refractivity contribution in [2.75, 3.05) is 26.3 Å². The number of rotatable bonds is 8. The second-order valence-electron chi connectivity index (χ2n) is 10.6. The Morgan fingerprint density at radius 2 is 1.85 bits per heavy atom. The molecule has 0 saturated carbocycles. The van der Waals surface area contributed by atoms with Crippen LogP contribution in [0.5, 0.6) is 0 Å². The zero-order valence-corrected chi connectivity index (χ0v) is 22.6. The minimum absolute atomic E-state index is 0.0579. The highest BCUT2D eigenvalue weighted by Crippen LogP contribution is 2.34. The molecular formula is C32H36N3O5+. The normalized spacial score (nSPS) is 19.9. The molecule has 2 heterocycles. The van der Waals surface area contributed by atoms with E-state index in [2.05, 4.69) is 57.8 Å². The Bertz CT molecular complexity index is 1420. The summed E-state index contributed by atoms with van der Waals surface area (Å²) in [5.41, 5.74) is 3.33. The number of amides is 2. The van der Waals surface area contributed by atoms with Crippen LogP contribution < -0.4 is 10.6 Å². The van der Waals surface area contributed by atoms with Gasteiger partial charge in [-0.1, -0.05) is 60.7 Å². The summed E-state index contributed by atoms with van der Waals surface area (Å²) in [7, 11) is 0. The number of para-hydroxylation sites is 1. The number of hydrogen-bond donors (Lipinski definition) is 3. The van der Waals surface area contributed by atoms with Gasteiger partial charge in [-0.05, 0) is 42.0 Å². The summed E-state index contributed by atoms with van der Waals surface area (Å²) in [6, 6.07) is 21.7. The van der Waals surface area contributed by atoms with E-state index in [4.69, 9.17) is 4.74 Å². The lowest BCUT2D eigenvalue weighted by atomic mass is 9.92. The Hall–Kier alpha value is -4.04. The number of carboxylic acids is 1. The summed E-state index contributed by atoms with van der Waals surface area (Å²) in [4.78, 5) is 38.3. The standard InChI is InChI=1S/C32H35N3O5/c36-30(37)20-25(9-5-6-22-12-13-23-7-1-2-8-24(23)18-22)31(38)34-28-19-26-21-35(29-11-4-3-10-27(26)29)15-17-40-16-14-33-32(28)39/h1-4,7-8,10-13,18,21,25-26,28H,5-6,9,14-17,19-20H2,(H2-,33,34,36,37,38,39)/p+1/t25-,26?,28+/m1/s1. The van der Waals surface area contributed by atoms with Crippen molar-refractivity contribution >= 4 is 40.5 Å². The molecular weight excluding hydrogens is 506 g/mol. The first-order chi connectivity index (χ1) is 19.5. The molecule has 0 radical (unpaired) electrons. The molecule has 208 valence electrons. The van der Waals surface area contributed by atoms with Crippen molar-refractivity contribution < 1.29 is 28.8 Å². The van der Waals surface area contributed by atoms with E-state index in [0.717, 1.165) is 28.6 Å². The predicted molar refractivity (Wildman–Crippen MR) is 153 cm³/mol. The van der Waals surface area contributed by atoms with E-state index < -0.39 is 23.8 Å². The molecule has 2 aliphatic rings. The van der Waals surface area contributed by atoms with Crippen LogP contribution in [0.4, 0.5) is 5.69 Å². The van der Waals surface area contributed by atoms with E-state index in [0.29, 0.717) is 45.6 Å². The minimum Gasteiger partial charge on any atom is -0.481 e. The van der Waals surface area contributed by atoms with Gasteiger partial charge in [-0.2, -0.15) is 4.58 Å². The number of carboxylic acid groups (broad SMARTS) is 1. The molecule has 0 aromatic heterocycles. The Morgan fingerprint density at radius 3 is 2.70 bits per heavy atom. The molecule has 0 fully saturated rings. The van der Waals surface area contributed by atoms with Crippen LogP contribution in [0.15, 0.2) is 66.7 Å². The van der Waals surface area contributed by atoms with Crippen LogP contribution in [0.25, 0.3) is 10.8 Å². The molecule has 2 aliphatic heterocycles. The first-order valence-corrected chi connectivity index (χ1v) is 14.0. The molecule has 2 amide bonds. The molecule has 2 bridgehead atoms. The van der Waals surface area contributed by atoms with Gasteiger partial charge in [0.2, 0.25) is 17.5 Å². The maximum absolute atomic E-state index is 13.4. The van der Waals surface area contributed by atoms with Gasteiger partial charge in [0.15, 0.2) is 12.8 Å². The summed E-state index contributed by atoms with van der Waals surface area (Å²) in [6.45, 7) is 1.97. The third kappa shape index (κ3) is 6.74. The van der Waals surface area contributed by atoms with Crippen molar-refractivity contribution in [3.05, 3.63) is 77.9 Å². The highest BCUT2D eigenvalue weighted by Gasteiger charge is 2.35. The van der Waals surface area contributed by atoms with E-state index in [1.807, 2.05) is 30.3 Å². The number of nitrogens with one attached hydrogen (secondary N) is 2. The molecule has 0 aliphatic carbocycles. The molecule has 5 rings (SSSR count). The number of ether oxygens (including phenoxy) is 1. The number of carbonyl (C=O) groups excluding carboxylic acids is 2. The fourth-order valence-corrected chi connectivity index (χ4v) is 5.72. The molecule has 8 heteroatoms. The van der Waals surface area contributed by atoms with Crippen molar-refractivity contribution in [1.82, 2.24) is 10.6 Å². The van der Waals surface area contributed by atoms with Crippen molar-refractivity contribution in [1.29, 1.82) is 0 Å². The summed E-state index contributed by atoms with van der Waals surface area (Å²) < 4.78 is 7.85. The fourth-order valence-electron chi connectivity index (χ4n) is 5.72. The number of aliphatic carboxylic acids is 1. The van der Waals surface area contributed by atoms with Crippen LogP contribution in [0, 0.1) is 5.92 Å². The van der Waals surface area contributed by atoms with Crippen molar-refractivity contribution in [2.24, 2.45) is 5.92 Å². The lowest BCUT2D eigenvalue weighted by molar-refractivity contribution is -0.437. The zero-order valence-electron chi connectivity index (χ0n) is 22.6. The molecule has 3 aromatic rings. The first kappa shape index (κ1) is 27.5. The first-order valence-electron chi connectivity index (χ1n) is 14.0. The van der Waals surface area contributed by atoms with Gasteiger partial charge in [-0.25, -0.2) is 0 Å². The number of carbonyl (C=O) groups is 3. The fraction of sp³-hybridized carbons (Fsp3) is 0.375. The lowest BCUT2D eigenvalue weighted by Crippen LogP contribution is -2.50. The van der Waals surface area contributed by atoms with Gasteiger partial charge >= 0.3 is 5.97 Å². The Balaban J connectivity index is 1.28. The second-order valence-corrected chi connectivity index (χ2v) is 10.6. The summed E-state index contributed by atoms with van der Waals surface area (Å²) >= 11 is 0. The number of hydrogen-bond acceptors (Lipinski definition) is 4. The quantitative estimate of drug-likeness (QED) is 0.376. The van der Waals surface area contributed by atoms with E-state index in [1.54, 1.807) is 0 Å². The molecule has 1 unspecified atom stereocenters. The maximum atomic E-state index is 13.4. The smallest absolute Gasteiger partial charge is 0.304 e. The van der Waals surface area contributed by atoms with E-state index in [9.17, 15) is 19.5 Å². The van der Waals surface area contributed by atoms with E-state index in [-0.39, 0.29) is 18.2 Å². The van der Waals surface area contributed by atoms with Crippen molar-refractivity contribution in [3.8, 4) is 0 Å². The highest BCUT2D eigenvalue weighted by molar-refractivity contribution is 5.90. The summed E-state index contributed by atoms with van der Waals surface area (Å²) in [5.74, 6) is -2.50. The lowest BCUT2D eigenvalue weighted by Gasteiger charge is -2.23. The average molecular weight is 543 g/mol. The van der Waals surface area contributed by atoms with Gasteiger partial charge < -0.3 is 20.5 Å². The zero-order chi connectivity index (χ0) is 27.9. The van der Waals surface area contributed by atoms with Crippen LogP contribution in [0.2, 0.25) is 0 Å². The second kappa shape index (κ2) is 12.9. The van der Waals surface area contributed by atoms with Crippen LogP contribution >= 0.6 is 0 Å². The molecule has 0 spiro atoms. The van der Waals surface area contributed by atoms with Gasteiger partial charge in [-0.15, -0.1) is 0 Å². The van der Waals surface area contributed by atoms with Gasteiger partial charge in [-0.3, -0.25) is 14.4 Å². The Morgan fingerprint density at radius 1 is 1.05 bits per heavy atom. The van der Waals surface area contributed by atoms with E-state index in [1.165, 1.54) is 5.39 Å². The SMILES string of the molecule is O=C(O)C[C@@H](CCCc1ccc2ccccc2c1)C(=O)N[C@H]1CC2C=[N+](CCOCCNC1=O)c1ccccc12. The molecule has 40 heavy (non-hydrogen) atoms.